The third-order valence-electron chi connectivity index (χ3n) is 3.61. The van der Waals surface area contributed by atoms with Crippen molar-refractivity contribution >= 4 is 28.7 Å². The molecule has 0 saturated heterocycles. The molecule has 0 spiro atoms. The second kappa shape index (κ2) is 8.57. The standard InChI is InChI=1S/C17H26N4S2/c1-5-10-18-16-19-21(17(22)23-16)12-20(4)11-14-6-8-15(9-7-14)13(2)3/h6-9,13H,5,10-12H2,1-4H3,(H,18,19). The molecule has 23 heavy (non-hydrogen) atoms. The first kappa shape index (κ1) is 18.1. The van der Waals surface area contributed by atoms with Gasteiger partial charge in [0.1, 0.15) is 0 Å². The summed E-state index contributed by atoms with van der Waals surface area (Å²) < 4.78 is 2.70. The Kier molecular flexibility index (Phi) is 6.74. The molecule has 1 heterocycles. The molecule has 0 amide bonds. The fourth-order valence-corrected chi connectivity index (χ4v) is 3.32. The molecule has 0 aliphatic carbocycles. The van der Waals surface area contributed by atoms with E-state index in [9.17, 15) is 0 Å². The highest BCUT2D eigenvalue weighted by atomic mass is 32.1. The van der Waals surface area contributed by atoms with Crippen molar-refractivity contribution in [1.82, 2.24) is 14.7 Å². The van der Waals surface area contributed by atoms with Crippen molar-refractivity contribution < 1.29 is 0 Å². The Morgan fingerprint density at radius 2 is 2.00 bits per heavy atom. The van der Waals surface area contributed by atoms with E-state index in [1.807, 2.05) is 4.68 Å². The van der Waals surface area contributed by atoms with E-state index in [1.165, 1.54) is 22.5 Å². The zero-order valence-electron chi connectivity index (χ0n) is 14.4. The number of rotatable bonds is 8. The average molecular weight is 351 g/mol. The van der Waals surface area contributed by atoms with E-state index in [1.54, 1.807) is 0 Å². The summed E-state index contributed by atoms with van der Waals surface area (Å²) in [4.78, 5) is 2.23. The van der Waals surface area contributed by atoms with Crippen molar-refractivity contribution in [2.24, 2.45) is 0 Å². The van der Waals surface area contributed by atoms with Gasteiger partial charge in [-0.1, -0.05) is 56.4 Å². The van der Waals surface area contributed by atoms with Crippen molar-refractivity contribution in [3.63, 3.8) is 0 Å². The lowest BCUT2D eigenvalue weighted by Crippen LogP contribution is -2.22. The first-order valence-electron chi connectivity index (χ1n) is 8.08. The summed E-state index contributed by atoms with van der Waals surface area (Å²) in [7, 11) is 2.09. The van der Waals surface area contributed by atoms with Crippen molar-refractivity contribution in [3.05, 3.63) is 39.3 Å². The Hall–Kier alpha value is -1.24. The second-order valence-corrected chi connectivity index (χ2v) is 7.77. The monoisotopic (exact) mass is 350 g/mol. The van der Waals surface area contributed by atoms with Crippen LogP contribution < -0.4 is 5.32 Å². The van der Waals surface area contributed by atoms with Crippen molar-refractivity contribution in [1.29, 1.82) is 0 Å². The molecular formula is C17H26N4S2. The van der Waals surface area contributed by atoms with Crippen molar-refractivity contribution in [2.75, 3.05) is 18.9 Å². The molecule has 4 nitrogen and oxygen atoms in total. The van der Waals surface area contributed by atoms with Gasteiger partial charge in [-0.05, 0) is 42.7 Å². The third-order valence-corrected chi connectivity index (χ3v) is 4.87. The molecule has 0 unspecified atom stereocenters. The van der Waals surface area contributed by atoms with E-state index in [0.717, 1.165) is 28.6 Å². The second-order valence-electron chi connectivity index (χ2n) is 6.15. The number of benzene rings is 1. The molecule has 0 fully saturated rings. The molecule has 0 bridgehead atoms. The molecule has 1 N–H and O–H groups in total. The van der Waals surface area contributed by atoms with Crippen LogP contribution in [0, 0.1) is 3.95 Å². The minimum absolute atomic E-state index is 0.573. The van der Waals surface area contributed by atoms with Crippen LogP contribution in [0.25, 0.3) is 0 Å². The van der Waals surface area contributed by atoms with Crippen LogP contribution in [0.15, 0.2) is 24.3 Å². The van der Waals surface area contributed by atoms with Gasteiger partial charge >= 0.3 is 0 Å². The van der Waals surface area contributed by atoms with E-state index < -0.39 is 0 Å². The molecule has 1 aromatic carbocycles. The third kappa shape index (κ3) is 5.41. The molecule has 0 saturated carbocycles. The maximum atomic E-state index is 5.40. The zero-order valence-corrected chi connectivity index (χ0v) is 16.0. The van der Waals surface area contributed by atoms with Crippen molar-refractivity contribution in [3.8, 4) is 0 Å². The predicted molar refractivity (Wildman–Crippen MR) is 102 cm³/mol. The van der Waals surface area contributed by atoms with Gasteiger partial charge in [-0.15, -0.1) is 5.10 Å². The number of hydrogen-bond donors (Lipinski definition) is 1. The summed E-state index contributed by atoms with van der Waals surface area (Å²) in [6.07, 6.45) is 1.08. The Bertz CT molecular complexity index is 658. The van der Waals surface area contributed by atoms with E-state index in [0.29, 0.717) is 12.6 Å². The van der Waals surface area contributed by atoms with Gasteiger partial charge in [-0.2, -0.15) is 0 Å². The Balaban J connectivity index is 1.95. The molecule has 2 rings (SSSR count). The van der Waals surface area contributed by atoms with E-state index in [4.69, 9.17) is 12.2 Å². The predicted octanol–water partition coefficient (Wildman–Crippen LogP) is 4.71. The summed E-state index contributed by atoms with van der Waals surface area (Å²) in [6.45, 7) is 9.09. The first-order chi connectivity index (χ1) is 11.0. The molecule has 0 atom stereocenters. The van der Waals surface area contributed by atoms with Crippen LogP contribution in [0.5, 0.6) is 0 Å². The van der Waals surface area contributed by atoms with Crippen LogP contribution in [0.2, 0.25) is 0 Å². The number of aromatic nitrogens is 2. The highest BCUT2D eigenvalue weighted by molar-refractivity contribution is 7.73. The minimum atomic E-state index is 0.573. The van der Waals surface area contributed by atoms with Crippen molar-refractivity contribution in [2.45, 2.75) is 46.3 Å². The lowest BCUT2D eigenvalue weighted by Gasteiger charge is -2.17. The molecule has 6 heteroatoms. The van der Waals surface area contributed by atoms with E-state index in [2.05, 4.69) is 67.4 Å². The van der Waals surface area contributed by atoms with Gasteiger partial charge in [0.25, 0.3) is 0 Å². The first-order valence-corrected chi connectivity index (χ1v) is 9.31. The van der Waals surface area contributed by atoms with Gasteiger partial charge in [-0.25, -0.2) is 4.68 Å². The highest BCUT2D eigenvalue weighted by Crippen LogP contribution is 2.17. The molecular weight excluding hydrogens is 324 g/mol. The minimum Gasteiger partial charge on any atom is -0.360 e. The van der Waals surface area contributed by atoms with Gasteiger partial charge < -0.3 is 5.32 Å². The van der Waals surface area contributed by atoms with Gasteiger partial charge in [-0.3, -0.25) is 4.90 Å². The lowest BCUT2D eigenvalue weighted by molar-refractivity contribution is 0.245. The zero-order chi connectivity index (χ0) is 16.8. The molecule has 1 aromatic heterocycles. The maximum absolute atomic E-state index is 5.40. The molecule has 126 valence electrons. The average Bonchev–Trinajstić information content (AvgIpc) is 2.85. The number of hydrogen-bond acceptors (Lipinski definition) is 5. The Morgan fingerprint density at radius 1 is 1.30 bits per heavy atom. The highest BCUT2D eigenvalue weighted by Gasteiger charge is 2.07. The maximum Gasteiger partial charge on any atom is 0.204 e. The topological polar surface area (TPSA) is 33.1 Å². The molecule has 0 radical (unpaired) electrons. The summed E-state index contributed by atoms with van der Waals surface area (Å²) in [5.41, 5.74) is 2.69. The van der Waals surface area contributed by atoms with Crippen LogP contribution in [0.1, 0.15) is 44.2 Å². The van der Waals surface area contributed by atoms with Crippen LogP contribution in [-0.2, 0) is 13.2 Å². The molecule has 0 aliphatic heterocycles. The van der Waals surface area contributed by atoms with Crippen LogP contribution in [0.4, 0.5) is 5.13 Å². The number of anilines is 1. The summed E-state index contributed by atoms with van der Waals surface area (Å²) in [5.74, 6) is 0.573. The fourth-order valence-electron chi connectivity index (χ4n) is 2.30. The number of nitrogens with one attached hydrogen (secondary N) is 1. The van der Waals surface area contributed by atoms with Crippen LogP contribution in [-0.4, -0.2) is 28.3 Å². The largest absolute Gasteiger partial charge is 0.360 e. The van der Waals surface area contributed by atoms with Gasteiger partial charge in [0.15, 0.2) is 3.95 Å². The van der Waals surface area contributed by atoms with Gasteiger partial charge in [0.2, 0.25) is 5.13 Å². The Labute approximate surface area is 148 Å². The normalized spacial score (nSPS) is 11.4. The van der Waals surface area contributed by atoms with Crippen LogP contribution in [0.3, 0.4) is 0 Å². The quantitative estimate of drug-likeness (QED) is 0.699. The van der Waals surface area contributed by atoms with Gasteiger partial charge in [0.05, 0.1) is 6.67 Å². The SMILES string of the molecule is CCCNc1nn(CN(C)Cc2ccc(C(C)C)cc2)c(=S)s1. The molecule has 0 aliphatic rings. The molecule has 2 aromatic rings. The fraction of sp³-hybridized carbons (Fsp3) is 0.529. The van der Waals surface area contributed by atoms with Gasteiger partial charge in [0, 0.05) is 13.1 Å². The van der Waals surface area contributed by atoms with E-state index >= 15 is 0 Å². The smallest absolute Gasteiger partial charge is 0.204 e. The van der Waals surface area contributed by atoms with Crippen LogP contribution >= 0.6 is 23.6 Å². The summed E-state index contributed by atoms with van der Waals surface area (Å²) >= 11 is 6.94. The number of nitrogens with zero attached hydrogens (tertiary/aromatic N) is 3. The summed E-state index contributed by atoms with van der Waals surface area (Å²) in [5, 5.41) is 8.75. The van der Waals surface area contributed by atoms with E-state index in [-0.39, 0.29) is 0 Å². The summed E-state index contributed by atoms with van der Waals surface area (Å²) in [6, 6.07) is 8.85. The lowest BCUT2D eigenvalue weighted by atomic mass is 10.0. The Morgan fingerprint density at radius 3 is 2.61 bits per heavy atom.